The number of carbonyl (C=O) groups excluding carboxylic acids is 1. The van der Waals surface area contributed by atoms with Crippen molar-refractivity contribution < 1.29 is 9.53 Å². The molecule has 0 aromatic heterocycles. The molecule has 2 aliphatic rings. The van der Waals surface area contributed by atoms with Gasteiger partial charge in [0, 0.05) is 19.7 Å². The van der Waals surface area contributed by atoms with Crippen LogP contribution in [0.15, 0.2) is 0 Å². The highest BCUT2D eigenvalue weighted by Gasteiger charge is 2.31. The van der Waals surface area contributed by atoms with Crippen LogP contribution in [0.1, 0.15) is 39.0 Å². The monoisotopic (exact) mass is 225 g/mol. The van der Waals surface area contributed by atoms with E-state index in [9.17, 15) is 4.79 Å². The Morgan fingerprint density at radius 1 is 1.19 bits per heavy atom. The van der Waals surface area contributed by atoms with Crippen LogP contribution < -0.4 is 0 Å². The van der Waals surface area contributed by atoms with Gasteiger partial charge in [-0.1, -0.05) is 6.92 Å². The number of ether oxygens (including phenoxy) is 1. The van der Waals surface area contributed by atoms with Crippen LogP contribution in [0.3, 0.4) is 0 Å². The lowest BCUT2D eigenvalue weighted by Gasteiger charge is -2.34. The zero-order valence-electron chi connectivity index (χ0n) is 10.4. The van der Waals surface area contributed by atoms with E-state index in [0.29, 0.717) is 18.6 Å². The molecule has 0 aromatic rings. The topological polar surface area (TPSA) is 29.5 Å². The smallest absolute Gasteiger partial charge is 0.228 e. The van der Waals surface area contributed by atoms with Crippen LogP contribution in [-0.4, -0.2) is 37.1 Å². The number of nitrogens with zero attached hydrogens (tertiary/aromatic N) is 1. The van der Waals surface area contributed by atoms with Crippen molar-refractivity contribution >= 4 is 5.91 Å². The first kappa shape index (κ1) is 11.9. The lowest BCUT2D eigenvalue weighted by molar-refractivity contribution is -0.137. The van der Waals surface area contributed by atoms with Crippen molar-refractivity contribution in [2.24, 2.45) is 11.8 Å². The van der Waals surface area contributed by atoms with Crippen LogP contribution in [0, 0.1) is 11.8 Å². The number of hydrogen-bond acceptors (Lipinski definition) is 2. The van der Waals surface area contributed by atoms with Crippen molar-refractivity contribution in [3.8, 4) is 0 Å². The highest BCUT2D eigenvalue weighted by Crippen LogP contribution is 2.28. The first-order valence-electron chi connectivity index (χ1n) is 6.53. The second-order valence-electron chi connectivity index (χ2n) is 5.42. The van der Waals surface area contributed by atoms with E-state index in [0.717, 1.165) is 18.9 Å². The minimum absolute atomic E-state index is 0.129. The van der Waals surface area contributed by atoms with Gasteiger partial charge in [-0.25, -0.2) is 0 Å². The minimum Gasteiger partial charge on any atom is -0.381 e. The highest BCUT2D eigenvalue weighted by atomic mass is 16.5. The molecule has 0 N–H and O–H groups in total. The summed E-state index contributed by atoms with van der Waals surface area (Å²) in [6.07, 6.45) is 5.80. The van der Waals surface area contributed by atoms with Gasteiger partial charge in [-0.15, -0.1) is 0 Å². The molecule has 16 heavy (non-hydrogen) atoms. The van der Waals surface area contributed by atoms with E-state index in [1.165, 1.54) is 25.7 Å². The molecule has 2 fully saturated rings. The zero-order chi connectivity index (χ0) is 11.5. The van der Waals surface area contributed by atoms with E-state index in [1.807, 2.05) is 11.9 Å². The van der Waals surface area contributed by atoms with Gasteiger partial charge in [0.1, 0.15) is 0 Å². The highest BCUT2D eigenvalue weighted by molar-refractivity contribution is 5.79. The predicted molar refractivity (Wildman–Crippen MR) is 63.1 cm³/mol. The Balaban J connectivity index is 1.86. The summed E-state index contributed by atoms with van der Waals surface area (Å²) >= 11 is 0. The first-order valence-corrected chi connectivity index (χ1v) is 6.53. The average Bonchev–Trinajstić information content (AvgIpc) is 2.81. The maximum Gasteiger partial charge on any atom is 0.228 e. The maximum absolute atomic E-state index is 12.2. The van der Waals surface area contributed by atoms with E-state index < -0.39 is 0 Å². The molecule has 0 bridgehead atoms. The molecule has 1 aliphatic carbocycles. The fourth-order valence-corrected chi connectivity index (χ4v) is 2.83. The SMILES string of the molecule is CC1CCC(N(C)C(=O)C2CCOC2)CC1. The van der Waals surface area contributed by atoms with E-state index in [-0.39, 0.29) is 5.92 Å². The van der Waals surface area contributed by atoms with Crippen LogP contribution in [0.2, 0.25) is 0 Å². The van der Waals surface area contributed by atoms with Gasteiger partial charge in [0.25, 0.3) is 0 Å². The second kappa shape index (κ2) is 5.17. The molecule has 1 atom stereocenters. The molecule has 1 heterocycles. The summed E-state index contributed by atoms with van der Waals surface area (Å²) in [6.45, 7) is 3.70. The van der Waals surface area contributed by atoms with Crippen molar-refractivity contribution in [1.29, 1.82) is 0 Å². The molecule has 92 valence electrons. The number of hydrogen-bond donors (Lipinski definition) is 0. The number of carbonyl (C=O) groups is 1. The Labute approximate surface area is 98.1 Å². The van der Waals surface area contributed by atoms with Crippen molar-refractivity contribution in [2.75, 3.05) is 20.3 Å². The van der Waals surface area contributed by atoms with Gasteiger partial charge in [-0.2, -0.15) is 0 Å². The molecular weight excluding hydrogens is 202 g/mol. The Hall–Kier alpha value is -0.570. The summed E-state index contributed by atoms with van der Waals surface area (Å²) in [4.78, 5) is 14.2. The third-order valence-corrected chi connectivity index (χ3v) is 4.16. The first-order chi connectivity index (χ1) is 7.68. The fraction of sp³-hybridized carbons (Fsp3) is 0.923. The van der Waals surface area contributed by atoms with Crippen LogP contribution in [0.25, 0.3) is 0 Å². The maximum atomic E-state index is 12.2. The normalized spacial score (nSPS) is 35.0. The van der Waals surface area contributed by atoms with E-state index >= 15 is 0 Å². The molecule has 2 rings (SSSR count). The molecule has 3 nitrogen and oxygen atoms in total. The Morgan fingerprint density at radius 2 is 1.88 bits per heavy atom. The summed E-state index contributed by atoms with van der Waals surface area (Å²) in [6, 6.07) is 0.476. The molecule has 3 heteroatoms. The standard InChI is InChI=1S/C13H23NO2/c1-10-3-5-12(6-4-10)14(2)13(15)11-7-8-16-9-11/h10-12H,3-9H2,1-2H3. The van der Waals surface area contributed by atoms with Gasteiger partial charge in [0.2, 0.25) is 5.91 Å². The van der Waals surface area contributed by atoms with Crippen molar-refractivity contribution in [1.82, 2.24) is 4.90 Å². The Kier molecular flexibility index (Phi) is 3.85. The van der Waals surface area contributed by atoms with E-state index in [4.69, 9.17) is 4.74 Å². The molecule has 1 unspecified atom stereocenters. The zero-order valence-corrected chi connectivity index (χ0v) is 10.4. The summed E-state index contributed by atoms with van der Waals surface area (Å²) in [5, 5.41) is 0. The van der Waals surface area contributed by atoms with Crippen LogP contribution in [0.5, 0.6) is 0 Å². The van der Waals surface area contributed by atoms with Gasteiger partial charge < -0.3 is 9.64 Å². The minimum atomic E-state index is 0.129. The van der Waals surface area contributed by atoms with Crippen LogP contribution >= 0.6 is 0 Å². The Bertz CT molecular complexity index is 240. The summed E-state index contributed by atoms with van der Waals surface area (Å²) in [7, 11) is 1.97. The van der Waals surface area contributed by atoms with Crippen molar-refractivity contribution in [3.05, 3.63) is 0 Å². The largest absolute Gasteiger partial charge is 0.381 e. The van der Waals surface area contributed by atoms with Crippen LogP contribution in [0.4, 0.5) is 0 Å². The van der Waals surface area contributed by atoms with Gasteiger partial charge in [-0.05, 0) is 38.0 Å². The number of amides is 1. The van der Waals surface area contributed by atoms with E-state index in [2.05, 4.69) is 6.92 Å². The van der Waals surface area contributed by atoms with Gasteiger partial charge in [0.05, 0.1) is 12.5 Å². The summed E-state index contributed by atoms with van der Waals surface area (Å²) in [5.41, 5.74) is 0. The molecular formula is C13H23NO2. The third kappa shape index (κ3) is 2.57. The molecule has 1 saturated carbocycles. The molecule has 1 amide bonds. The summed E-state index contributed by atoms with van der Waals surface area (Å²) < 4.78 is 5.29. The summed E-state index contributed by atoms with van der Waals surface area (Å²) in [5.74, 6) is 1.27. The van der Waals surface area contributed by atoms with Crippen molar-refractivity contribution in [2.45, 2.75) is 45.1 Å². The van der Waals surface area contributed by atoms with Gasteiger partial charge in [-0.3, -0.25) is 4.79 Å². The fourth-order valence-electron chi connectivity index (χ4n) is 2.83. The molecule has 1 aliphatic heterocycles. The predicted octanol–water partition coefficient (Wildman–Crippen LogP) is 2.06. The average molecular weight is 225 g/mol. The van der Waals surface area contributed by atoms with Gasteiger partial charge in [0.15, 0.2) is 0 Å². The molecule has 0 radical (unpaired) electrons. The lowest BCUT2D eigenvalue weighted by Crippen LogP contribution is -2.42. The quantitative estimate of drug-likeness (QED) is 0.720. The molecule has 0 aromatic carbocycles. The van der Waals surface area contributed by atoms with E-state index in [1.54, 1.807) is 0 Å². The lowest BCUT2D eigenvalue weighted by atomic mass is 9.86. The Morgan fingerprint density at radius 3 is 2.44 bits per heavy atom. The molecule has 1 saturated heterocycles. The van der Waals surface area contributed by atoms with Crippen molar-refractivity contribution in [3.63, 3.8) is 0 Å². The number of rotatable bonds is 2. The third-order valence-electron chi connectivity index (χ3n) is 4.16. The van der Waals surface area contributed by atoms with Crippen LogP contribution in [-0.2, 0) is 9.53 Å². The molecule has 0 spiro atoms. The van der Waals surface area contributed by atoms with Gasteiger partial charge >= 0.3 is 0 Å². The second-order valence-corrected chi connectivity index (χ2v) is 5.42.